The van der Waals surface area contributed by atoms with Crippen LogP contribution in [0.5, 0.6) is 0 Å². The van der Waals surface area contributed by atoms with Gasteiger partial charge in [0.15, 0.2) is 0 Å². The maximum Gasteiger partial charge on any atom is 0.270 e. The summed E-state index contributed by atoms with van der Waals surface area (Å²) in [6.07, 6.45) is 2.37. The van der Waals surface area contributed by atoms with E-state index in [9.17, 15) is 10.1 Å². The van der Waals surface area contributed by atoms with E-state index in [1.807, 2.05) is 0 Å². The average Bonchev–Trinajstić information content (AvgIpc) is 3.13. The van der Waals surface area contributed by atoms with Crippen LogP contribution in [0.4, 0.5) is 5.69 Å². The monoisotopic (exact) mass is 260 g/mol. The first-order chi connectivity index (χ1) is 9.22. The van der Waals surface area contributed by atoms with Gasteiger partial charge in [-0.1, -0.05) is 17.3 Å². The smallest absolute Gasteiger partial charge is 0.270 e. The second kappa shape index (κ2) is 4.77. The van der Waals surface area contributed by atoms with Crippen LogP contribution in [-0.2, 0) is 6.54 Å². The zero-order valence-corrected chi connectivity index (χ0v) is 10.1. The summed E-state index contributed by atoms with van der Waals surface area (Å²) >= 11 is 0. The lowest BCUT2D eigenvalue weighted by molar-refractivity contribution is -0.384. The highest BCUT2D eigenvalue weighted by Gasteiger charge is 2.21. The molecule has 1 N–H and O–H groups in total. The molecule has 0 amide bonds. The summed E-state index contributed by atoms with van der Waals surface area (Å²) < 4.78 is 5.10. The zero-order chi connectivity index (χ0) is 13.2. The molecule has 7 heteroatoms. The summed E-state index contributed by atoms with van der Waals surface area (Å²) in [5.74, 6) is 0.865. The molecule has 0 spiro atoms. The van der Waals surface area contributed by atoms with Crippen molar-refractivity contribution in [3.8, 4) is 11.4 Å². The molecule has 0 atom stereocenters. The van der Waals surface area contributed by atoms with Gasteiger partial charge in [0.25, 0.3) is 5.69 Å². The van der Waals surface area contributed by atoms with Gasteiger partial charge < -0.3 is 9.84 Å². The van der Waals surface area contributed by atoms with E-state index in [4.69, 9.17) is 4.52 Å². The molecular formula is C12H12N4O3. The molecular weight excluding hydrogens is 248 g/mol. The molecule has 1 fully saturated rings. The van der Waals surface area contributed by atoms with Crippen LogP contribution >= 0.6 is 0 Å². The molecule has 0 saturated heterocycles. The van der Waals surface area contributed by atoms with Gasteiger partial charge in [0.1, 0.15) is 0 Å². The molecule has 0 aliphatic heterocycles. The molecule has 1 aromatic heterocycles. The standard InChI is InChI=1S/C12H12N4O3/c17-16(18)10-3-1-2-8(6-10)12-14-11(19-15-12)7-13-9-4-5-9/h1-3,6,9,13H,4-5,7H2. The molecule has 7 nitrogen and oxygen atoms in total. The quantitative estimate of drug-likeness (QED) is 0.651. The van der Waals surface area contributed by atoms with Crippen molar-refractivity contribution in [2.75, 3.05) is 0 Å². The lowest BCUT2D eigenvalue weighted by atomic mass is 10.2. The second-order valence-electron chi connectivity index (χ2n) is 4.47. The number of nitro groups is 1. The van der Waals surface area contributed by atoms with Crippen LogP contribution < -0.4 is 5.32 Å². The van der Waals surface area contributed by atoms with Gasteiger partial charge in [-0.05, 0) is 12.8 Å². The fourth-order valence-corrected chi connectivity index (χ4v) is 1.72. The van der Waals surface area contributed by atoms with E-state index in [-0.39, 0.29) is 5.69 Å². The van der Waals surface area contributed by atoms with Crippen LogP contribution in [-0.4, -0.2) is 21.1 Å². The topological polar surface area (TPSA) is 94.1 Å². The highest BCUT2D eigenvalue weighted by Crippen LogP contribution is 2.22. The Morgan fingerprint density at radius 2 is 2.32 bits per heavy atom. The Kier molecular flexibility index (Phi) is 2.96. The van der Waals surface area contributed by atoms with Crippen LogP contribution in [0, 0.1) is 10.1 Å². The molecule has 1 heterocycles. The summed E-state index contributed by atoms with van der Waals surface area (Å²) in [4.78, 5) is 14.5. The predicted molar refractivity (Wildman–Crippen MR) is 66.3 cm³/mol. The lowest BCUT2D eigenvalue weighted by Gasteiger charge is -1.95. The van der Waals surface area contributed by atoms with E-state index in [2.05, 4.69) is 15.5 Å². The van der Waals surface area contributed by atoms with Gasteiger partial charge in [-0.25, -0.2) is 0 Å². The summed E-state index contributed by atoms with van der Waals surface area (Å²) in [6.45, 7) is 0.534. The number of aromatic nitrogens is 2. The van der Waals surface area contributed by atoms with E-state index >= 15 is 0 Å². The molecule has 0 radical (unpaired) electrons. The maximum absolute atomic E-state index is 10.7. The van der Waals surface area contributed by atoms with Crippen molar-refractivity contribution in [3.63, 3.8) is 0 Å². The van der Waals surface area contributed by atoms with Gasteiger partial charge in [0.05, 0.1) is 11.5 Å². The third kappa shape index (κ3) is 2.76. The molecule has 1 aromatic carbocycles. The van der Waals surface area contributed by atoms with Gasteiger partial charge >= 0.3 is 0 Å². The Bertz CT molecular complexity index is 607. The fraction of sp³-hybridized carbons (Fsp3) is 0.333. The molecule has 0 bridgehead atoms. The second-order valence-corrected chi connectivity index (χ2v) is 4.47. The molecule has 0 unspecified atom stereocenters. The maximum atomic E-state index is 10.7. The summed E-state index contributed by atoms with van der Waals surface area (Å²) in [5, 5.41) is 17.8. The minimum atomic E-state index is -0.445. The Morgan fingerprint density at radius 1 is 1.47 bits per heavy atom. The first kappa shape index (κ1) is 11.8. The van der Waals surface area contributed by atoms with Crippen molar-refractivity contribution < 1.29 is 9.45 Å². The largest absolute Gasteiger partial charge is 0.338 e. The summed E-state index contributed by atoms with van der Waals surface area (Å²) in [6, 6.07) is 6.75. The highest BCUT2D eigenvalue weighted by molar-refractivity contribution is 5.58. The molecule has 98 valence electrons. The molecule has 3 rings (SSSR count). The SMILES string of the molecule is O=[N+]([O-])c1cccc(-c2noc(CNC3CC3)n2)c1. The molecule has 1 aliphatic carbocycles. The van der Waals surface area contributed by atoms with E-state index in [0.717, 1.165) is 0 Å². The van der Waals surface area contributed by atoms with Crippen LogP contribution in [0.3, 0.4) is 0 Å². The van der Waals surface area contributed by atoms with E-state index in [1.165, 1.54) is 25.0 Å². The summed E-state index contributed by atoms with van der Waals surface area (Å²) in [7, 11) is 0. The Balaban J connectivity index is 1.77. The minimum absolute atomic E-state index is 0.0138. The third-order valence-corrected chi connectivity index (χ3v) is 2.90. The molecule has 1 saturated carbocycles. The van der Waals surface area contributed by atoms with Crippen LogP contribution in [0.1, 0.15) is 18.7 Å². The predicted octanol–water partition coefficient (Wildman–Crippen LogP) is 1.90. The van der Waals surface area contributed by atoms with Gasteiger partial charge in [0, 0.05) is 23.7 Å². The van der Waals surface area contributed by atoms with Crippen molar-refractivity contribution in [3.05, 3.63) is 40.3 Å². The number of nitrogens with one attached hydrogen (secondary N) is 1. The van der Waals surface area contributed by atoms with Crippen molar-refractivity contribution in [2.24, 2.45) is 0 Å². The van der Waals surface area contributed by atoms with Crippen LogP contribution in [0.2, 0.25) is 0 Å². The van der Waals surface area contributed by atoms with Gasteiger partial charge in [-0.15, -0.1) is 0 Å². The number of hydrogen-bond donors (Lipinski definition) is 1. The van der Waals surface area contributed by atoms with E-state index < -0.39 is 4.92 Å². The van der Waals surface area contributed by atoms with Crippen LogP contribution in [0.15, 0.2) is 28.8 Å². The Labute approximate surface area is 108 Å². The Morgan fingerprint density at radius 3 is 3.05 bits per heavy atom. The molecule has 2 aromatic rings. The van der Waals surface area contributed by atoms with Gasteiger partial charge in [0.2, 0.25) is 11.7 Å². The lowest BCUT2D eigenvalue weighted by Crippen LogP contribution is -2.15. The minimum Gasteiger partial charge on any atom is -0.338 e. The average molecular weight is 260 g/mol. The number of nitro benzene ring substituents is 1. The third-order valence-electron chi connectivity index (χ3n) is 2.90. The Hall–Kier alpha value is -2.28. The van der Waals surface area contributed by atoms with Crippen molar-refractivity contribution in [1.29, 1.82) is 0 Å². The molecule has 1 aliphatic rings. The number of non-ortho nitro benzene ring substituents is 1. The van der Waals surface area contributed by atoms with Crippen molar-refractivity contribution in [2.45, 2.75) is 25.4 Å². The van der Waals surface area contributed by atoms with E-state index in [0.29, 0.717) is 29.9 Å². The first-order valence-corrected chi connectivity index (χ1v) is 6.03. The normalized spacial score (nSPS) is 14.5. The van der Waals surface area contributed by atoms with Gasteiger partial charge in [-0.3, -0.25) is 10.1 Å². The van der Waals surface area contributed by atoms with E-state index in [1.54, 1.807) is 12.1 Å². The number of hydrogen-bond acceptors (Lipinski definition) is 6. The number of rotatable bonds is 5. The molecule has 19 heavy (non-hydrogen) atoms. The summed E-state index contributed by atoms with van der Waals surface area (Å²) in [5.41, 5.74) is 0.593. The van der Waals surface area contributed by atoms with Gasteiger partial charge in [-0.2, -0.15) is 4.98 Å². The van der Waals surface area contributed by atoms with Crippen LogP contribution in [0.25, 0.3) is 11.4 Å². The van der Waals surface area contributed by atoms with Crippen molar-refractivity contribution in [1.82, 2.24) is 15.5 Å². The number of benzene rings is 1. The van der Waals surface area contributed by atoms with Crippen molar-refractivity contribution >= 4 is 5.69 Å². The zero-order valence-electron chi connectivity index (χ0n) is 10.1. The number of nitrogens with zero attached hydrogens (tertiary/aromatic N) is 3. The fourth-order valence-electron chi connectivity index (χ4n) is 1.72. The highest BCUT2D eigenvalue weighted by atomic mass is 16.6. The first-order valence-electron chi connectivity index (χ1n) is 6.03.